The molecule has 1 atom stereocenters. The Hall–Kier alpha value is -4.06. The third-order valence-corrected chi connectivity index (χ3v) is 6.56. The molecule has 2 aromatic carbocycles. The van der Waals surface area contributed by atoms with E-state index in [0.29, 0.717) is 24.2 Å². The summed E-state index contributed by atoms with van der Waals surface area (Å²) in [5.74, 6) is 0.306. The molecule has 1 amide bonds. The van der Waals surface area contributed by atoms with Crippen LogP contribution in [-0.2, 0) is 27.8 Å². The van der Waals surface area contributed by atoms with Crippen molar-refractivity contribution in [1.82, 2.24) is 9.97 Å². The van der Waals surface area contributed by atoms with Crippen LogP contribution in [0.1, 0.15) is 27.0 Å². The Morgan fingerprint density at radius 2 is 1.88 bits per heavy atom. The van der Waals surface area contributed by atoms with Crippen molar-refractivity contribution in [1.29, 1.82) is 0 Å². The number of ether oxygens (including phenoxy) is 1. The van der Waals surface area contributed by atoms with Crippen LogP contribution in [0.4, 0.5) is 5.82 Å². The number of methoxy groups -OCH3 is 1. The highest BCUT2D eigenvalue weighted by atomic mass is 16.5. The van der Waals surface area contributed by atoms with E-state index in [9.17, 15) is 9.59 Å². The summed E-state index contributed by atoms with van der Waals surface area (Å²) in [5, 5.41) is 3.98. The second kappa shape index (κ2) is 6.72. The van der Waals surface area contributed by atoms with Gasteiger partial charge in [-0.05, 0) is 60.4 Å². The first-order chi connectivity index (χ1) is 15.6. The number of benzene rings is 2. The van der Waals surface area contributed by atoms with E-state index in [1.807, 2.05) is 36.4 Å². The Balaban J connectivity index is 1.41. The molecule has 3 heterocycles. The fourth-order valence-corrected chi connectivity index (χ4v) is 4.98. The molecule has 32 heavy (non-hydrogen) atoms. The molecule has 1 unspecified atom stereocenters. The Kier molecular flexibility index (Phi) is 3.92. The van der Waals surface area contributed by atoms with Gasteiger partial charge in [-0.2, -0.15) is 0 Å². The fraction of sp³-hybridized carbons (Fsp3) is 0.154. The maximum atomic E-state index is 13.0. The molecule has 1 aliphatic carbocycles. The number of nitrogens with zero attached hydrogens (tertiary/aromatic N) is 2. The van der Waals surface area contributed by atoms with Crippen LogP contribution in [0.3, 0.4) is 0 Å². The zero-order valence-electron chi connectivity index (χ0n) is 17.4. The normalized spacial score (nSPS) is 18.5. The number of nitrogens with one attached hydrogen (secondary N) is 1. The van der Waals surface area contributed by atoms with Gasteiger partial charge in [-0.3, -0.25) is 4.79 Å². The lowest BCUT2D eigenvalue weighted by atomic mass is 9.79. The van der Waals surface area contributed by atoms with Crippen LogP contribution in [0.15, 0.2) is 66.9 Å². The molecule has 2 aromatic heterocycles. The molecule has 0 saturated carbocycles. The first kappa shape index (κ1) is 18.7. The lowest BCUT2D eigenvalue weighted by Crippen LogP contribution is -2.35. The Morgan fingerprint density at radius 3 is 2.72 bits per heavy atom. The number of esters is 1. The standard InChI is InChI=1S/C26H19N3O3/c1-32-24(30)17-5-2-4-15(10-17)21-8-7-16-11-18-13-26(14-19(18)12-22(16)28-21)20-6-3-9-27-23(20)29-25(26)31/h2-12H,13-14H2,1H3,(H,27,29,31). The molecule has 1 aliphatic heterocycles. The SMILES string of the molecule is COC(=O)c1cccc(-c2ccc3cc4c(cc3n2)CC2(C4)C(=O)Nc3ncccc32)c1. The van der Waals surface area contributed by atoms with Crippen LogP contribution in [0.2, 0.25) is 0 Å². The molecule has 156 valence electrons. The smallest absolute Gasteiger partial charge is 0.337 e. The summed E-state index contributed by atoms with van der Waals surface area (Å²) in [7, 11) is 1.37. The van der Waals surface area contributed by atoms with E-state index in [0.717, 1.165) is 33.3 Å². The van der Waals surface area contributed by atoms with Crippen molar-refractivity contribution in [2.45, 2.75) is 18.3 Å². The Labute approximate surface area is 184 Å². The number of hydrogen-bond acceptors (Lipinski definition) is 5. The molecule has 4 aromatic rings. The first-order valence-electron chi connectivity index (χ1n) is 10.5. The molecule has 0 fully saturated rings. The maximum absolute atomic E-state index is 13.0. The predicted octanol–water partition coefficient (Wildman–Crippen LogP) is 4.07. The number of rotatable bonds is 2. The highest BCUT2D eigenvalue weighted by Gasteiger charge is 2.51. The second-order valence-corrected chi connectivity index (χ2v) is 8.37. The van der Waals surface area contributed by atoms with Crippen LogP contribution >= 0.6 is 0 Å². The van der Waals surface area contributed by atoms with Gasteiger partial charge in [0.05, 0.1) is 29.3 Å². The summed E-state index contributed by atoms with van der Waals surface area (Å²) in [5.41, 5.74) is 5.67. The maximum Gasteiger partial charge on any atom is 0.337 e. The molecule has 0 saturated heterocycles. The van der Waals surface area contributed by atoms with Gasteiger partial charge in [0, 0.05) is 22.7 Å². The molecule has 6 heteroatoms. The third kappa shape index (κ3) is 2.66. The number of carbonyl (C=O) groups is 2. The summed E-state index contributed by atoms with van der Waals surface area (Å²) in [6, 6.07) is 19.4. The van der Waals surface area contributed by atoms with Crippen molar-refractivity contribution in [3.63, 3.8) is 0 Å². The van der Waals surface area contributed by atoms with Gasteiger partial charge >= 0.3 is 5.97 Å². The van der Waals surface area contributed by atoms with Crippen LogP contribution in [0.5, 0.6) is 0 Å². The highest BCUT2D eigenvalue weighted by Crippen LogP contribution is 2.47. The van der Waals surface area contributed by atoms with E-state index in [1.165, 1.54) is 12.7 Å². The number of amides is 1. The highest BCUT2D eigenvalue weighted by molar-refractivity contribution is 6.06. The lowest BCUT2D eigenvalue weighted by molar-refractivity contribution is -0.120. The third-order valence-electron chi connectivity index (χ3n) is 6.56. The van der Waals surface area contributed by atoms with Gasteiger partial charge in [-0.15, -0.1) is 0 Å². The summed E-state index contributed by atoms with van der Waals surface area (Å²) in [6.45, 7) is 0. The molecule has 0 bridgehead atoms. The Bertz CT molecular complexity index is 1450. The molecule has 1 N–H and O–H groups in total. The van der Waals surface area contributed by atoms with E-state index >= 15 is 0 Å². The van der Waals surface area contributed by atoms with Gasteiger partial charge in [0.25, 0.3) is 0 Å². The van der Waals surface area contributed by atoms with Crippen LogP contribution < -0.4 is 5.32 Å². The van der Waals surface area contributed by atoms with Gasteiger partial charge in [0.2, 0.25) is 5.91 Å². The summed E-state index contributed by atoms with van der Waals surface area (Å²) >= 11 is 0. The zero-order chi connectivity index (χ0) is 21.9. The average molecular weight is 421 g/mol. The van der Waals surface area contributed by atoms with E-state index in [2.05, 4.69) is 22.4 Å². The topological polar surface area (TPSA) is 81.2 Å². The summed E-state index contributed by atoms with van der Waals surface area (Å²) < 4.78 is 4.83. The number of anilines is 1. The number of fused-ring (bicyclic) bond motifs is 4. The molecule has 6 rings (SSSR count). The molecule has 2 aliphatic rings. The molecule has 6 nitrogen and oxygen atoms in total. The van der Waals surface area contributed by atoms with Gasteiger partial charge in [0.1, 0.15) is 5.82 Å². The molecule has 1 spiro atoms. The average Bonchev–Trinajstić information content (AvgIpc) is 3.33. The van der Waals surface area contributed by atoms with Crippen molar-refractivity contribution in [3.05, 3.63) is 89.1 Å². The van der Waals surface area contributed by atoms with Crippen LogP contribution in [0, 0.1) is 0 Å². The number of carbonyl (C=O) groups excluding carboxylic acids is 2. The number of aromatic nitrogens is 2. The molecular weight excluding hydrogens is 402 g/mol. The van der Waals surface area contributed by atoms with Crippen molar-refractivity contribution >= 4 is 28.6 Å². The lowest BCUT2D eigenvalue weighted by Gasteiger charge is -2.20. The van der Waals surface area contributed by atoms with Gasteiger partial charge in [-0.1, -0.05) is 24.3 Å². The van der Waals surface area contributed by atoms with Crippen LogP contribution in [0.25, 0.3) is 22.2 Å². The Morgan fingerprint density at radius 1 is 1.03 bits per heavy atom. The van der Waals surface area contributed by atoms with Gasteiger partial charge < -0.3 is 10.1 Å². The minimum atomic E-state index is -0.596. The van der Waals surface area contributed by atoms with Crippen molar-refractivity contribution in [3.8, 4) is 11.3 Å². The van der Waals surface area contributed by atoms with Crippen LogP contribution in [-0.4, -0.2) is 29.0 Å². The van der Waals surface area contributed by atoms with Gasteiger partial charge in [-0.25, -0.2) is 14.8 Å². The quantitative estimate of drug-likeness (QED) is 0.494. The summed E-state index contributed by atoms with van der Waals surface area (Å²) in [6.07, 6.45) is 2.99. The van der Waals surface area contributed by atoms with Crippen molar-refractivity contribution in [2.75, 3.05) is 12.4 Å². The van der Waals surface area contributed by atoms with Crippen molar-refractivity contribution < 1.29 is 14.3 Å². The van der Waals surface area contributed by atoms with E-state index in [4.69, 9.17) is 9.72 Å². The number of hydrogen-bond donors (Lipinski definition) is 1. The number of pyridine rings is 2. The zero-order valence-corrected chi connectivity index (χ0v) is 17.4. The first-order valence-corrected chi connectivity index (χ1v) is 10.5. The molecule has 0 radical (unpaired) electrons. The minimum absolute atomic E-state index is 0.0136. The van der Waals surface area contributed by atoms with E-state index < -0.39 is 5.41 Å². The minimum Gasteiger partial charge on any atom is -0.465 e. The largest absolute Gasteiger partial charge is 0.465 e. The van der Waals surface area contributed by atoms with Crippen molar-refractivity contribution in [2.24, 2.45) is 0 Å². The fourth-order valence-electron chi connectivity index (χ4n) is 4.98. The monoisotopic (exact) mass is 421 g/mol. The van der Waals surface area contributed by atoms with E-state index in [-0.39, 0.29) is 11.9 Å². The predicted molar refractivity (Wildman–Crippen MR) is 120 cm³/mol. The van der Waals surface area contributed by atoms with Gasteiger partial charge in [0.15, 0.2) is 0 Å². The summed E-state index contributed by atoms with van der Waals surface area (Å²) in [4.78, 5) is 34.1. The van der Waals surface area contributed by atoms with E-state index in [1.54, 1.807) is 18.3 Å². The molecular formula is C26H19N3O3. The second-order valence-electron chi connectivity index (χ2n) is 8.37.